The molecule has 1 aromatic heterocycles. The van der Waals surface area contributed by atoms with Gasteiger partial charge in [-0.25, -0.2) is 0 Å². The third kappa shape index (κ3) is 3.78. The van der Waals surface area contributed by atoms with E-state index in [0.29, 0.717) is 17.9 Å². The summed E-state index contributed by atoms with van der Waals surface area (Å²) in [6.45, 7) is 2.02. The highest BCUT2D eigenvalue weighted by Gasteiger charge is 2.40. The second kappa shape index (κ2) is 7.52. The fourth-order valence-corrected chi connectivity index (χ4v) is 5.03. The molecule has 2 aliphatic rings. The molecule has 2 fully saturated rings. The van der Waals surface area contributed by atoms with Crippen molar-refractivity contribution in [1.29, 1.82) is 0 Å². The molecule has 6 heteroatoms. The monoisotopic (exact) mass is 362 g/mol. The summed E-state index contributed by atoms with van der Waals surface area (Å²) in [5.74, 6) is 1.41. The predicted molar refractivity (Wildman–Crippen MR) is 94.7 cm³/mol. The first-order valence-corrected chi connectivity index (χ1v) is 9.05. The molecule has 0 saturated heterocycles. The Hall–Kier alpha value is -0.290. The maximum absolute atomic E-state index is 12.5. The minimum absolute atomic E-state index is 0. The van der Waals surface area contributed by atoms with E-state index in [1.165, 1.54) is 30.6 Å². The van der Waals surface area contributed by atoms with Gasteiger partial charge in [-0.3, -0.25) is 4.79 Å². The fourth-order valence-electron chi connectivity index (χ4n) is 3.97. The number of nitrogens with two attached hydrogens (primary N) is 1. The number of fused-ring (bicyclic) bond motifs is 2. The normalized spacial score (nSPS) is 32.0. The van der Waals surface area contributed by atoms with Crippen LogP contribution >= 0.6 is 35.3 Å². The van der Waals surface area contributed by atoms with Crippen LogP contribution in [0, 0.1) is 17.8 Å². The molecule has 0 aromatic carbocycles. The van der Waals surface area contributed by atoms with Crippen molar-refractivity contribution in [2.75, 3.05) is 0 Å². The smallest absolute Gasteiger partial charge is 0.223 e. The van der Waals surface area contributed by atoms with E-state index in [4.69, 9.17) is 17.3 Å². The van der Waals surface area contributed by atoms with Gasteiger partial charge in [0.25, 0.3) is 0 Å². The summed E-state index contributed by atoms with van der Waals surface area (Å²) in [5.41, 5.74) is 6.30. The zero-order chi connectivity index (χ0) is 15.0. The van der Waals surface area contributed by atoms with Crippen molar-refractivity contribution in [3.05, 3.63) is 21.3 Å². The van der Waals surface area contributed by atoms with Gasteiger partial charge in [-0.1, -0.05) is 18.0 Å². The van der Waals surface area contributed by atoms with Crippen molar-refractivity contribution < 1.29 is 4.79 Å². The summed E-state index contributed by atoms with van der Waals surface area (Å²) in [6.07, 6.45) is 5.58. The number of hydrogen-bond donors (Lipinski definition) is 2. The number of amides is 1. The molecule has 3 nitrogen and oxygen atoms in total. The molecule has 1 amide bonds. The van der Waals surface area contributed by atoms with Crippen LogP contribution in [0.2, 0.25) is 4.34 Å². The zero-order valence-electron chi connectivity index (χ0n) is 12.8. The van der Waals surface area contributed by atoms with E-state index in [2.05, 4.69) is 5.32 Å². The van der Waals surface area contributed by atoms with Crippen LogP contribution in [0.15, 0.2) is 12.1 Å². The molecule has 0 radical (unpaired) electrons. The van der Waals surface area contributed by atoms with Gasteiger partial charge in [0.05, 0.1) is 10.4 Å². The first-order valence-electron chi connectivity index (χ1n) is 7.85. The minimum Gasteiger partial charge on any atom is -0.349 e. The fraction of sp³-hybridized carbons (Fsp3) is 0.688. The number of thiophene rings is 1. The lowest BCUT2D eigenvalue weighted by molar-refractivity contribution is -0.128. The van der Waals surface area contributed by atoms with Crippen LogP contribution in [0.3, 0.4) is 0 Å². The molecule has 3 unspecified atom stereocenters. The van der Waals surface area contributed by atoms with E-state index in [-0.39, 0.29) is 30.3 Å². The maximum atomic E-state index is 12.5. The second-order valence-electron chi connectivity index (χ2n) is 6.57. The van der Waals surface area contributed by atoms with Crippen LogP contribution in [0.5, 0.6) is 0 Å². The number of carbonyl (C=O) groups is 1. The van der Waals surface area contributed by atoms with E-state index in [0.717, 1.165) is 22.1 Å². The summed E-state index contributed by atoms with van der Waals surface area (Å²) in [6, 6.07) is 4.22. The maximum Gasteiger partial charge on any atom is 0.223 e. The summed E-state index contributed by atoms with van der Waals surface area (Å²) < 4.78 is 0.768. The van der Waals surface area contributed by atoms with Gasteiger partial charge >= 0.3 is 0 Å². The molecule has 3 N–H and O–H groups in total. The number of carbonyl (C=O) groups excluding carboxylic acids is 1. The van der Waals surface area contributed by atoms with E-state index in [1.54, 1.807) is 0 Å². The quantitative estimate of drug-likeness (QED) is 0.848. The first-order chi connectivity index (χ1) is 10.0. The zero-order valence-corrected chi connectivity index (χ0v) is 15.1. The Labute approximate surface area is 147 Å². The third-order valence-electron chi connectivity index (χ3n) is 5.16. The summed E-state index contributed by atoms with van der Waals surface area (Å²) in [4.78, 5) is 13.7. The van der Waals surface area contributed by atoms with Crippen molar-refractivity contribution >= 4 is 41.3 Å². The second-order valence-corrected chi connectivity index (χ2v) is 8.32. The number of hydrogen-bond acceptors (Lipinski definition) is 3. The average Bonchev–Trinajstić information content (AvgIpc) is 2.85. The van der Waals surface area contributed by atoms with Crippen LogP contribution in [0.1, 0.15) is 49.9 Å². The molecule has 124 valence electrons. The Morgan fingerprint density at radius 3 is 2.55 bits per heavy atom. The van der Waals surface area contributed by atoms with Gasteiger partial charge in [0.2, 0.25) is 5.91 Å². The van der Waals surface area contributed by atoms with Crippen LogP contribution in [-0.4, -0.2) is 11.9 Å². The lowest BCUT2D eigenvalue weighted by atomic mass is 9.65. The van der Waals surface area contributed by atoms with Gasteiger partial charge in [-0.2, -0.15) is 0 Å². The van der Waals surface area contributed by atoms with Gasteiger partial charge in [-0.05, 0) is 56.6 Å². The van der Waals surface area contributed by atoms with Crippen molar-refractivity contribution in [2.24, 2.45) is 23.5 Å². The lowest BCUT2D eigenvalue weighted by Gasteiger charge is -2.43. The van der Waals surface area contributed by atoms with E-state index in [9.17, 15) is 4.79 Å². The summed E-state index contributed by atoms with van der Waals surface area (Å²) in [5, 5.41) is 3.16. The number of halogens is 2. The lowest BCUT2D eigenvalue weighted by Crippen LogP contribution is -2.49. The highest BCUT2D eigenvalue weighted by Crippen LogP contribution is 2.42. The largest absolute Gasteiger partial charge is 0.349 e. The topological polar surface area (TPSA) is 55.1 Å². The Morgan fingerprint density at radius 2 is 2.00 bits per heavy atom. The Bertz CT molecular complexity index is 508. The van der Waals surface area contributed by atoms with Crippen LogP contribution in [0.4, 0.5) is 0 Å². The SMILES string of the molecule is CC(NC(=O)C1CC2CCCC(C1)C2N)c1ccc(Cl)s1.Cl. The minimum atomic E-state index is 0. The van der Waals surface area contributed by atoms with Crippen molar-refractivity contribution in [2.45, 2.75) is 51.1 Å². The van der Waals surface area contributed by atoms with Crippen molar-refractivity contribution in [3.8, 4) is 0 Å². The molecule has 2 aliphatic carbocycles. The molecule has 1 heterocycles. The highest BCUT2D eigenvalue weighted by molar-refractivity contribution is 7.16. The molecular formula is C16H24Cl2N2OS. The van der Waals surface area contributed by atoms with Gasteiger partial charge in [0.1, 0.15) is 0 Å². The van der Waals surface area contributed by atoms with Gasteiger partial charge in [0, 0.05) is 16.8 Å². The molecule has 2 saturated carbocycles. The van der Waals surface area contributed by atoms with E-state index < -0.39 is 0 Å². The first kappa shape index (κ1) is 18.1. The molecule has 0 aliphatic heterocycles. The average molecular weight is 363 g/mol. The van der Waals surface area contributed by atoms with Crippen LogP contribution in [-0.2, 0) is 4.79 Å². The Balaban J connectivity index is 0.00000176. The van der Waals surface area contributed by atoms with Gasteiger partial charge < -0.3 is 11.1 Å². The Kier molecular flexibility index (Phi) is 6.17. The molecule has 0 spiro atoms. The molecule has 2 bridgehead atoms. The predicted octanol–water partition coefficient (Wildman–Crippen LogP) is 4.15. The van der Waals surface area contributed by atoms with Crippen LogP contribution in [0.25, 0.3) is 0 Å². The van der Waals surface area contributed by atoms with Crippen molar-refractivity contribution in [1.82, 2.24) is 5.32 Å². The molecule has 1 aromatic rings. The Morgan fingerprint density at radius 1 is 1.36 bits per heavy atom. The van der Waals surface area contributed by atoms with Crippen LogP contribution < -0.4 is 11.1 Å². The van der Waals surface area contributed by atoms with E-state index in [1.807, 2.05) is 19.1 Å². The van der Waals surface area contributed by atoms with Crippen molar-refractivity contribution in [3.63, 3.8) is 0 Å². The standard InChI is InChI=1S/C16H23ClN2OS.ClH/c1-9(13-5-6-14(17)21-13)19-16(20)12-7-10-3-2-4-11(8-12)15(10)18;/h5-6,9-12,15H,2-4,7-8,18H2,1H3,(H,19,20);1H. The number of rotatable bonds is 3. The molecular weight excluding hydrogens is 339 g/mol. The number of nitrogens with one attached hydrogen (secondary N) is 1. The van der Waals surface area contributed by atoms with Gasteiger partial charge in [0.15, 0.2) is 0 Å². The van der Waals surface area contributed by atoms with Gasteiger partial charge in [-0.15, -0.1) is 23.7 Å². The molecule has 3 atom stereocenters. The third-order valence-corrected chi connectivity index (χ3v) is 6.58. The summed E-state index contributed by atoms with van der Waals surface area (Å²) >= 11 is 7.49. The summed E-state index contributed by atoms with van der Waals surface area (Å²) in [7, 11) is 0. The highest BCUT2D eigenvalue weighted by atomic mass is 35.5. The molecule has 22 heavy (non-hydrogen) atoms. The molecule has 3 rings (SSSR count). The van der Waals surface area contributed by atoms with E-state index >= 15 is 0 Å².